The normalized spacial score (nSPS) is 14.9. The summed E-state index contributed by atoms with van der Waals surface area (Å²) in [4.78, 5) is 15.0. The van der Waals surface area contributed by atoms with E-state index in [2.05, 4.69) is 62.7 Å². The second-order valence-electron chi connectivity index (χ2n) is 7.78. The Morgan fingerprint density at radius 3 is 2.62 bits per heavy atom. The van der Waals surface area contributed by atoms with Gasteiger partial charge < -0.3 is 5.32 Å². The Bertz CT molecular complexity index is 1110. The van der Waals surface area contributed by atoms with E-state index >= 15 is 0 Å². The molecule has 3 aromatic heterocycles. The fourth-order valence-electron chi connectivity index (χ4n) is 4.08. The van der Waals surface area contributed by atoms with E-state index in [0.29, 0.717) is 6.04 Å². The van der Waals surface area contributed by atoms with Crippen molar-refractivity contribution >= 4 is 27.2 Å². The van der Waals surface area contributed by atoms with E-state index in [1.165, 1.54) is 47.1 Å². The monoisotopic (exact) mass is 400 g/mol. The Balaban J connectivity index is 1.47. The van der Waals surface area contributed by atoms with Crippen LogP contribution in [-0.2, 0) is 0 Å². The zero-order valence-electron chi connectivity index (χ0n) is 16.6. The quantitative estimate of drug-likeness (QED) is 0.426. The molecule has 0 aliphatic heterocycles. The van der Waals surface area contributed by atoms with Crippen molar-refractivity contribution in [3.63, 3.8) is 0 Å². The standard InChI is InChI=1S/C24H24N4S/c1-16-26-21(13-24(27-16)28-20-8-3-2-4-9-20)18-11-19(15-25-14-18)23-12-17-7-5-6-10-22(17)29-23/h5-7,10-15,20H,2-4,8-9H2,1H3,(H,26,27,28). The van der Waals surface area contributed by atoms with Crippen LogP contribution < -0.4 is 5.32 Å². The van der Waals surface area contributed by atoms with E-state index < -0.39 is 0 Å². The average Bonchev–Trinajstić information content (AvgIpc) is 3.19. The van der Waals surface area contributed by atoms with Crippen molar-refractivity contribution in [3.05, 3.63) is 60.7 Å². The van der Waals surface area contributed by atoms with Gasteiger partial charge in [0.15, 0.2) is 0 Å². The summed E-state index contributed by atoms with van der Waals surface area (Å²) >= 11 is 1.80. The number of pyridine rings is 1. The number of rotatable bonds is 4. The van der Waals surface area contributed by atoms with Crippen molar-refractivity contribution in [1.82, 2.24) is 15.0 Å². The average molecular weight is 401 g/mol. The summed E-state index contributed by atoms with van der Waals surface area (Å²) in [5, 5.41) is 4.90. The van der Waals surface area contributed by atoms with Gasteiger partial charge in [0.25, 0.3) is 0 Å². The molecule has 4 nitrogen and oxygen atoms in total. The number of fused-ring (bicyclic) bond motifs is 1. The molecule has 1 saturated carbocycles. The summed E-state index contributed by atoms with van der Waals surface area (Å²) in [5.41, 5.74) is 3.07. The minimum absolute atomic E-state index is 0.522. The molecule has 5 rings (SSSR count). The van der Waals surface area contributed by atoms with Gasteiger partial charge in [0.1, 0.15) is 11.6 Å². The van der Waals surface area contributed by atoms with Crippen LogP contribution in [0.1, 0.15) is 37.9 Å². The summed E-state index contributed by atoms with van der Waals surface area (Å²) in [6.45, 7) is 1.96. The van der Waals surface area contributed by atoms with Gasteiger partial charge in [-0.25, -0.2) is 9.97 Å². The lowest BCUT2D eigenvalue weighted by Gasteiger charge is -2.23. The molecule has 1 aliphatic rings. The lowest BCUT2D eigenvalue weighted by atomic mass is 9.95. The predicted octanol–water partition coefficient (Wildman–Crippen LogP) is 6.47. The molecule has 1 aromatic carbocycles. The van der Waals surface area contributed by atoms with Crippen LogP contribution in [-0.4, -0.2) is 21.0 Å². The number of nitrogens with zero attached hydrogens (tertiary/aromatic N) is 3. The van der Waals surface area contributed by atoms with Gasteiger partial charge in [-0.2, -0.15) is 0 Å². The molecule has 3 heterocycles. The van der Waals surface area contributed by atoms with Gasteiger partial charge in [-0.3, -0.25) is 4.98 Å². The molecule has 0 bridgehead atoms. The fourth-order valence-corrected chi connectivity index (χ4v) is 5.13. The number of thiophene rings is 1. The van der Waals surface area contributed by atoms with Gasteiger partial charge in [-0.15, -0.1) is 11.3 Å². The molecule has 0 radical (unpaired) electrons. The second-order valence-corrected chi connectivity index (χ2v) is 8.86. The van der Waals surface area contributed by atoms with Crippen LogP contribution in [0.3, 0.4) is 0 Å². The first kappa shape index (κ1) is 18.3. The molecule has 1 N–H and O–H groups in total. The van der Waals surface area contributed by atoms with Gasteiger partial charge >= 0.3 is 0 Å². The van der Waals surface area contributed by atoms with E-state index in [4.69, 9.17) is 0 Å². The molecule has 146 valence electrons. The second kappa shape index (κ2) is 7.91. The third kappa shape index (κ3) is 4.01. The van der Waals surface area contributed by atoms with E-state index in [1.807, 2.05) is 19.3 Å². The minimum atomic E-state index is 0.522. The third-order valence-corrected chi connectivity index (χ3v) is 6.70. The van der Waals surface area contributed by atoms with Gasteiger partial charge in [-0.05, 0) is 43.4 Å². The molecule has 0 amide bonds. The Labute approximate surface area is 175 Å². The van der Waals surface area contributed by atoms with Gasteiger partial charge in [-0.1, -0.05) is 37.5 Å². The Hall–Kier alpha value is -2.79. The number of hydrogen-bond acceptors (Lipinski definition) is 5. The SMILES string of the molecule is Cc1nc(NC2CCCCC2)cc(-c2cncc(-c3cc4ccccc4s3)c2)n1. The van der Waals surface area contributed by atoms with Gasteiger partial charge in [0.2, 0.25) is 0 Å². The number of aryl methyl sites for hydroxylation is 1. The number of hydrogen-bond donors (Lipinski definition) is 1. The van der Waals surface area contributed by atoms with Gasteiger partial charge in [0.05, 0.1) is 5.69 Å². The highest BCUT2D eigenvalue weighted by molar-refractivity contribution is 7.22. The maximum atomic E-state index is 4.69. The van der Waals surface area contributed by atoms with Crippen LogP contribution in [0.25, 0.3) is 31.8 Å². The van der Waals surface area contributed by atoms with Crippen LogP contribution in [0.5, 0.6) is 0 Å². The fraction of sp³-hybridized carbons (Fsp3) is 0.292. The zero-order valence-corrected chi connectivity index (χ0v) is 17.4. The summed E-state index contributed by atoms with van der Waals surface area (Å²) in [5.74, 6) is 1.71. The molecule has 1 fully saturated rings. The van der Waals surface area contributed by atoms with E-state index in [-0.39, 0.29) is 0 Å². The Kier molecular flexibility index (Phi) is 4.98. The first-order valence-corrected chi connectivity index (χ1v) is 11.1. The number of benzene rings is 1. The zero-order chi connectivity index (χ0) is 19.6. The maximum Gasteiger partial charge on any atom is 0.130 e. The highest BCUT2D eigenvalue weighted by Gasteiger charge is 2.15. The van der Waals surface area contributed by atoms with E-state index in [0.717, 1.165) is 28.5 Å². The van der Waals surface area contributed by atoms with Crippen molar-refractivity contribution in [1.29, 1.82) is 0 Å². The third-order valence-electron chi connectivity index (χ3n) is 5.54. The lowest BCUT2D eigenvalue weighted by molar-refractivity contribution is 0.462. The largest absolute Gasteiger partial charge is 0.367 e. The van der Waals surface area contributed by atoms with Crippen molar-refractivity contribution < 1.29 is 0 Å². The highest BCUT2D eigenvalue weighted by Crippen LogP contribution is 2.34. The summed E-state index contributed by atoms with van der Waals surface area (Å²) < 4.78 is 1.30. The summed E-state index contributed by atoms with van der Waals surface area (Å²) in [7, 11) is 0. The molecular weight excluding hydrogens is 376 g/mol. The Morgan fingerprint density at radius 1 is 0.931 bits per heavy atom. The maximum absolute atomic E-state index is 4.69. The molecule has 4 aromatic rings. The molecular formula is C24H24N4S. The molecule has 5 heteroatoms. The van der Waals surface area contributed by atoms with Crippen LogP contribution in [0, 0.1) is 6.92 Å². The summed E-state index contributed by atoms with van der Waals surface area (Å²) in [6.07, 6.45) is 10.2. The van der Waals surface area contributed by atoms with Crippen molar-refractivity contribution in [2.45, 2.75) is 45.1 Å². The predicted molar refractivity (Wildman–Crippen MR) is 121 cm³/mol. The van der Waals surface area contributed by atoms with E-state index in [9.17, 15) is 0 Å². The van der Waals surface area contributed by atoms with Crippen molar-refractivity contribution in [3.8, 4) is 21.7 Å². The van der Waals surface area contributed by atoms with Crippen LogP contribution >= 0.6 is 11.3 Å². The van der Waals surface area contributed by atoms with Crippen LogP contribution in [0.2, 0.25) is 0 Å². The molecule has 0 unspecified atom stereocenters. The molecule has 0 spiro atoms. The topological polar surface area (TPSA) is 50.7 Å². The molecule has 0 atom stereocenters. The Morgan fingerprint density at radius 2 is 1.76 bits per heavy atom. The van der Waals surface area contributed by atoms with Crippen molar-refractivity contribution in [2.24, 2.45) is 0 Å². The molecule has 29 heavy (non-hydrogen) atoms. The highest BCUT2D eigenvalue weighted by atomic mass is 32.1. The number of anilines is 1. The van der Waals surface area contributed by atoms with E-state index in [1.54, 1.807) is 11.3 Å². The molecule has 1 aliphatic carbocycles. The smallest absolute Gasteiger partial charge is 0.130 e. The number of aromatic nitrogens is 3. The molecule has 0 saturated heterocycles. The van der Waals surface area contributed by atoms with Crippen LogP contribution in [0.15, 0.2) is 54.9 Å². The minimum Gasteiger partial charge on any atom is -0.367 e. The van der Waals surface area contributed by atoms with Gasteiger partial charge in [0, 0.05) is 45.2 Å². The summed E-state index contributed by atoms with van der Waals surface area (Å²) in [6, 6.07) is 15.5. The first-order valence-electron chi connectivity index (χ1n) is 10.3. The first-order chi connectivity index (χ1) is 14.2. The lowest BCUT2D eigenvalue weighted by Crippen LogP contribution is -2.23. The number of nitrogens with one attached hydrogen (secondary N) is 1. The van der Waals surface area contributed by atoms with Crippen LogP contribution in [0.4, 0.5) is 5.82 Å². The van der Waals surface area contributed by atoms with Crippen molar-refractivity contribution in [2.75, 3.05) is 5.32 Å².